The SMILES string of the molecule is CC(C)N(C(=O)CN1CCC[C@H]1C(=O)O)c1ccccc1. The van der Waals surface area contributed by atoms with Gasteiger partial charge in [-0.1, -0.05) is 18.2 Å². The number of para-hydroxylation sites is 1. The number of amides is 1. The molecule has 1 saturated heterocycles. The number of carboxylic acids is 1. The van der Waals surface area contributed by atoms with Crippen molar-refractivity contribution in [2.24, 2.45) is 0 Å². The number of aliphatic carboxylic acids is 1. The summed E-state index contributed by atoms with van der Waals surface area (Å²) < 4.78 is 0. The topological polar surface area (TPSA) is 60.9 Å². The average molecular weight is 290 g/mol. The highest BCUT2D eigenvalue weighted by molar-refractivity contribution is 5.95. The van der Waals surface area contributed by atoms with Crippen LogP contribution in [0.2, 0.25) is 0 Å². The zero-order chi connectivity index (χ0) is 15.4. The minimum atomic E-state index is -0.837. The van der Waals surface area contributed by atoms with Crippen molar-refractivity contribution < 1.29 is 14.7 Å². The number of carbonyl (C=O) groups excluding carboxylic acids is 1. The molecule has 1 fully saturated rings. The van der Waals surface area contributed by atoms with Gasteiger partial charge in [-0.05, 0) is 45.4 Å². The van der Waals surface area contributed by atoms with Gasteiger partial charge in [0.05, 0.1) is 6.54 Å². The molecule has 1 aliphatic rings. The first-order valence-electron chi connectivity index (χ1n) is 7.34. The summed E-state index contributed by atoms with van der Waals surface area (Å²) in [4.78, 5) is 27.3. The third-order valence-electron chi connectivity index (χ3n) is 3.81. The molecule has 1 heterocycles. The van der Waals surface area contributed by atoms with Gasteiger partial charge in [0, 0.05) is 11.7 Å². The molecule has 1 aliphatic heterocycles. The summed E-state index contributed by atoms with van der Waals surface area (Å²) >= 11 is 0. The molecule has 2 rings (SSSR count). The first-order valence-corrected chi connectivity index (χ1v) is 7.34. The molecule has 1 atom stereocenters. The van der Waals surface area contributed by atoms with Gasteiger partial charge < -0.3 is 10.0 Å². The van der Waals surface area contributed by atoms with Crippen molar-refractivity contribution in [2.75, 3.05) is 18.0 Å². The second kappa shape index (κ2) is 6.72. The number of nitrogens with zero attached hydrogens (tertiary/aromatic N) is 2. The highest BCUT2D eigenvalue weighted by Crippen LogP contribution is 2.20. The first-order chi connectivity index (χ1) is 10.0. The number of carbonyl (C=O) groups is 2. The Morgan fingerprint density at radius 1 is 1.33 bits per heavy atom. The molecule has 0 aliphatic carbocycles. The third kappa shape index (κ3) is 3.61. The lowest BCUT2D eigenvalue weighted by atomic mass is 10.2. The summed E-state index contributed by atoms with van der Waals surface area (Å²) in [6.45, 7) is 4.75. The lowest BCUT2D eigenvalue weighted by Gasteiger charge is -2.30. The van der Waals surface area contributed by atoms with Crippen LogP contribution in [-0.4, -0.2) is 47.1 Å². The Kier molecular flexibility index (Phi) is 4.96. The van der Waals surface area contributed by atoms with Crippen LogP contribution in [0.5, 0.6) is 0 Å². The number of benzene rings is 1. The van der Waals surface area contributed by atoms with Gasteiger partial charge in [0.1, 0.15) is 6.04 Å². The van der Waals surface area contributed by atoms with E-state index in [4.69, 9.17) is 0 Å². The van der Waals surface area contributed by atoms with Crippen LogP contribution in [0.4, 0.5) is 5.69 Å². The average Bonchev–Trinajstić information content (AvgIpc) is 2.88. The quantitative estimate of drug-likeness (QED) is 0.900. The zero-order valence-electron chi connectivity index (χ0n) is 12.5. The molecule has 1 aromatic rings. The molecule has 0 spiro atoms. The normalized spacial score (nSPS) is 18.9. The Hall–Kier alpha value is -1.88. The third-order valence-corrected chi connectivity index (χ3v) is 3.81. The summed E-state index contributed by atoms with van der Waals surface area (Å²) in [7, 11) is 0. The van der Waals surface area contributed by atoms with Gasteiger partial charge >= 0.3 is 5.97 Å². The van der Waals surface area contributed by atoms with E-state index in [-0.39, 0.29) is 18.5 Å². The smallest absolute Gasteiger partial charge is 0.320 e. The van der Waals surface area contributed by atoms with E-state index in [2.05, 4.69) is 0 Å². The fourth-order valence-corrected chi connectivity index (χ4v) is 2.86. The van der Waals surface area contributed by atoms with Gasteiger partial charge in [0.2, 0.25) is 5.91 Å². The monoisotopic (exact) mass is 290 g/mol. The van der Waals surface area contributed by atoms with E-state index in [0.717, 1.165) is 12.1 Å². The van der Waals surface area contributed by atoms with E-state index < -0.39 is 12.0 Å². The minimum Gasteiger partial charge on any atom is -0.480 e. The van der Waals surface area contributed by atoms with Crippen LogP contribution in [0.15, 0.2) is 30.3 Å². The Morgan fingerprint density at radius 3 is 2.57 bits per heavy atom. The fraction of sp³-hybridized carbons (Fsp3) is 0.500. The highest BCUT2D eigenvalue weighted by Gasteiger charge is 2.33. The lowest BCUT2D eigenvalue weighted by molar-refractivity contribution is -0.142. The zero-order valence-corrected chi connectivity index (χ0v) is 12.5. The largest absolute Gasteiger partial charge is 0.480 e. The van der Waals surface area contributed by atoms with E-state index in [9.17, 15) is 14.7 Å². The van der Waals surface area contributed by atoms with Crippen molar-refractivity contribution in [3.63, 3.8) is 0 Å². The van der Waals surface area contributed by atoms with E-state index >= 15 is 0 Å². The standard InChI is InChI=1S/C16H22N2O3/c1-12(2)18(13-7-4-3-5-8-13)15(19)11-17-10-6-9-14(17)16(20)21/h3-5,7-8,12,14H,6,9-11H2,1-2H3,(H,20,21)/t14-/m0/s1. The van der Waals surface area contributed by atoms with E-state index in [1.807, 2.05) is 44.2 Å². The van der Waals surface area contributed by atoms with Gasteiger partial charge in [-0.15, -0.1) is 0 Å². The number of hydrogen-bond donors (Lipinski definition) is 1. The fourth-order valence-electron chi connectivity index (χ4n) is 2.86. The summed E-state index contributed by atoms with van der Waals surface area (Å²) in [5.41, 5.74) is 0.851. The molecule has 1 aromatic carbocycles. The summed E-state index contributed by atoms with van der Waals surface area (Å²) in [6, 6.07) is 9.01. The predicted molar refractivity (Wildman–Crippen MR) is 81.3 cm³/mol. The van der Waals surface area contributed by atoms with Crippen LogP contribution in [0.25, 0.3) is 0 Å². The maximum absolute atomic E-state index is 12.6. The van der Waals surface area contributed by atoms with Crippen LogP contribution in [0, 0.1) is 0 Å². The number of rotatable bonds is 5. The number of likely N-dealkylation sites (tertiary alicyclic amines) is 1. The van der Waals surface area contributed by atoms with Crippen LogP contribution in [0.1, 0.15) is 26.7 Å². The minimum absolute atomic E-state index is 0.0331. The molecule has 0 radical (unpaired) electrons. The molecule has 0 saturated carbocycles. The Labute approximate surface area is 125 Å². The second-order valence-corrected chi connectivity index (χ2v) is 5.66. The van der Waals surface area contributed by atoms with Crippen molar-refractivity contribution in [3.05, 3.63) is 30.3 Å². The van der Waals surface area contributed by atoms with Crippen molar-refractivity contribution in [1.29, 1.82) is 0 Å². The Morgan fingerprint density at radius 2 is 2.00 bits per heavy atom. The molecule has 0 bridgehead atoms. The van der Waals surface area contributed by atoms with E-state index in [1.54, 1.807) is 9.80 Å². The van der Waals surface area contributed by atoms with Gasteiger partial charge in [-0.3, -0.25) is 14.5 Å². The van der Waals surface area contributed by atoms with E-state index in [0.29, 0.717) is 13.0 Å². The van der Waals surface area contributed by atoms with Crippen molar-refractivity contribution in [3.8, 4) is 0 Å². The maximum Gasteiger partial charge on any atom is 0.320 e. The van der Waals surface area contributed by atoms with E-state index in [1.165, 1.54) is 0 Å². The van der Waals surface area contributed by atoms with Gasteiger partial charge in [-0.25, -0.2) is 0 Å². The van der Waals surface area contributed by atoms with Crippen molar-refractivity contribution in [2.45, 2.75) is 38.8 Å². The molecule has 5 heteroatoms. The number of hydrogen-bond acceptors (Lipinski definition) is 3. The molecule has 0 aromatic heterocycles. The molecule has 114 valence electrons. The molecule has 21 heavy (non-hydrogen) atoms. The lowest BCUT2D eigenvalue weighted by Crippen LogP contribution is -2.47. The summed E-state index contributed by atoms with van der Waals surface area (Å²) in [5, 5.41) is 9.19. The van der Waals surface area contributed by atoms with Crippen LogP contribution in [-0.2, 0) is 9.59 Å². The van der Waals surface area contributed by atoms with Gasteiger partial charge in [-0.2, -0.15) is 0 Å². The Bertz CT molecular complexity index is 502. The maximum atomic E-state index is 12.6. The molecular formula is C16H22N2O3. The molecule has 1 amide bonds. The molecule has 1 N–H and O–H groups in total. The van der Waals surface area contributed by atoms with Crippen molar-refractivity contribution in [1.82, 2.24) is 4.90 Å². The summed E-state index contributed by atoms with van der Waals surface area (Å²) in [6.07, 6.45) is 1.45. The van der Waals surface area contributed by atoms with Crippen LogP contribution >= 0.6 is 0 Å². The molecule has 5 nitrogen and oxygen atoms in total. The number of anilines is 1. The second-order valence-electron chi connectivity index (χ2n) is 5.66. The van der Waals surface area contributed by atoms with Crippen LogP contribution in [0.3, 0.4) is 0 Å². The Balaban J connectivity index is 2.11. The molecular weight excluding hydrogens is 268 g/mol. The highest BCUT2D eigenvalue weighted by atomic mass is 16.4. The van der Waals surface area contributed by atoms with Crippen LogP contribution < -0.4 is 4.90 Å². The van der Waals surface area contributed by atoms with Crippen molar-refractivity contribution >= 4 is 17.6 Å². The first kappa shape index (κ1) is 15.5. The van der Waals surface area contributed by atoms with Gasteiger partial charge in [0.15, 0.2) is 0 Å². The van der Waals surface area contributed by atoms with Gasteiger partial charge in [0.25, 0.3) is 0 Å². The molecule has 0 unspecified atom stereocenters. The predicted octanol–water partition coefficient (Wildman–Crippen LogP) is 1.98. The number of carboxylic acid groups (broad SMARTS) is 1. The summed E-state index contributed by atoms with van der Waals surface area (Å²) in [5.74, 6) is -0.888.